The fraction of sp³-hybridized carbons (Fsp3) is 0.294. The molecule has 0 N–H and O–H groups in total. The van der Waals surface area contributed by atoms with Gasteiger partial charge in [0.25, 0.3) is 5.56 Å². The van der Waals surface area contributed by atoms with Gasteiger partial charge in [-0.15, -0.1) is 11.3 Å². The van der Waals surface area contributed by atoms with E-state index in [2.05, 4.69) is 12.1 Å². The van der Waals surface area contributed by atoms with Gasteiger partial charge >= 0.3 is 5.69 Å². The third-order valence-electron chi connectivity index (χ3n) is 3.73. The van der Waals surface area contributed by atoms with Gasteiger partial charge in [-0.25, -0.2) is 4.79 Å². The predicted octanol–water partition coefficient (Wildman–Crippen LogP) is 2.76. The zero-order valence-corrected chi connectivity index (χ0v) is 13.5. The summed E-state index contributed by atoms with van der Waals surface area (Å²) in [7, 11) is 1.55. The molecule has 0 unspecified atom stereocenters. The molecular weight excluding hydrogens is 296 g/mol. The third-order valence-corrected chi connectivity index (χ3v) is 4.89. The fourth-order valence-corrected chi connectivity index (χ4v) is 3.83. The van der Waals surface area contributed by atoms with Crippen LogP contribution in [0.2, 0.25) is 0 Å². The lowest BCUT2D eigenvalue weighted by molar-refractivity contribution is 0.618. The maximum atomic E-state index is 12.3. The van der Waals surface area contributed by atoms with Crippen LogP contribution in [0.5, 0.6) is 0 Å². The molecule has 4 nitrogen and oxygen atoms in total. The summed E-state index contributed by atoms with van der Waals surface area (Å²) in [5, 5.41) is 0.645. The minimum Gasteiger partial charge on any atom is -0.284 e. The maximum Gasteiger partial charge on any atom is 0.331 e. The highest BCUT2D eigenvalue weighted by Crippen LogP contribution is 2.24. The van der Waals surface area contributed by atoms with E-state index in [1.807, 2.05) is 31.2 Å². The second kappa shape index (κ2) is 5.93. The SMILES string of the molecule is CCCn1c(=O)n(C)c(=O)c2cc(Cc3ccccc3)sc21. The number of aromatic nitrogens is 2. The van der Waals surface area contributed by atoms with Crippen LogP contribution in [0.1, 0.15) is 23.8 Å². The average molecular weight is 314 g/mol. The van der Waals surface area contributed by atoms with Crippen molar-refractivity contribution in [2.24, 2.45) is 7.05 Å². The van der Waals surface area contributed by atoms with E-state index in [-0.39, 0.29) is 11.2 Å². The molecule has 0 saturated carbocycles. The number of hydrogen-bond donors (Lipinski definition) is 0. The van der Waals surface area contributed by atoms with Crippen LogP contribution in [-0.4, -0.2) is 9.13 Å². The Morgan fingerprint density at radius 1 is 1.14 bits per heavy atom. The second-order valence-corrected chi connectivity index (χ2v) is 6.51. The van der Waals surface area contributed by atoms with E-state index in [1.54, 1.807) is 23.0 Å². The first-order valence-corrected chi connectivity index (χ1v) is 8.19. The molecule has 0 aliphatic heterocycles. The van der Waals surface area contributed by atoms with Crippen LogP contribution < -0.4 is 11.2 Å². The summed E-state index contributed by atoms with van der Waals surface area (Å²) in [5.41, 5.74) is 0.769. The van der Waals surface area contributed by atoms with Crippen molar-refractivity contribution in [1.82, 2.24) is 9.13 Å². The van der Waals surface area contributed by atoms with Crippen LogP contribution in [0.25, 0.3) is 10.2 Å². The van der Waals surface area contributed by atoms with Gasteiger partial charge in [-0.2, -0.15) is 0 Å². The Bertz CT molecular complexity index is 919. The van der Waals surface area contributed by atoms with E-state index in [9.17, 15) is 9.59 Å². The van der Waals surface area contributed by atoms with Crippen LogP contribution in [-0.2, 0) is 20.0 Å². The van der Waals surface area contributed by atoms with Gasteiger partial charge < -0.3 is 0 Å². The summed E-state index contributed by atoms with van der Waals surface area (Å²) in [6, 6.07) is 12.1. The monoisotopic (exact) mass is 314 g/mol. The van der Waals surface area contributed by atoms with Crippen LogP contribution in [0, 0.1) is 0 Å². The largest absolute Gasteiger partial charge is 0.331 e. The van der Waals surface area contributed by atoms with Crippen LogP contribution in [0.4, 0.5) is 0 Å². The Balaban J connectivity index is 2.16. The first-order valence-electron chi connectivity index (χ1n) is 7.38. The van der Waals surface area contributed by atoms with E-state index < -0.39 is 0 Å². The highest BCUT2D eigenvalue weighted by atomic mass is 32.1. The molecule has 3 rings (SSSR count). The maximum absolute atomic E-state index is 12.3. The molecule has 0 bridgehead atoms. The molecular formula is C17H18N2O2S. The van der Waals surface area contributed by atoms with Crippen molar-refractivity contribution in [3.63, 3.8) is 0 Å². The Morgan fingerprint density at radius 2 is 1.86 bits per heavy atom. The van der Waals surface area contributed by atoms with Gasteiger partial charge in [0.15, 0.2) is 0 Å². The minimum atomic E-state index is -0.229. The minimum absolute atomic E-state index is 0.206. The van der Waals surface area contributed by atoms with Crippen molar-refractivity contribution in [1.29, 1.82) is 0 Å². The Hall–Kier alpha value is -2.14. The standard InChI is InChI=1S/C17H18N2O2S/c1-3-9-19-16-14(15(20)18(2)17(19)21)11-13(22-16)10-12-7-5-4-6-8-12/h4-8,11H,3,9-10H2,1-2H3. The van der Waals surface area contributed by atoms with E-state index >= 15 is 0 Å². The van der Waals surface area contributed by atoms with Crippen molar-refractivity contribution in [3.8, 4) is 0 Å². The molecule has 0 atom stereocenters. The number of rotatable bonds is 4. The van der Waals surface area contributed by atoms with Gasteiger partial charge in [-0.3, -0.25) is 13.9 Å². The van der Waals surface area contributed by atoms with Crippen LogP contribution in [0.15, 0.2) is 46.0 Å². The molecule has 114 valence electrons. The first-order chi connectivity index (χ1) is 10.6. The molecule has 2 heterocycles. The molecule has 22 heavy (non-hydrogen) atoms. The Kier molecular flexibility index (Phi) is 3.98. The lowest BCUT2D eigenvalue weighted by Gasteiger charge is -2.07. The number of thiophene rings is 1. The number of nitrogens with zero attached hydrogens (tertiary/aromatic N) is 2. The normalized spacial score (nSPS) is 11.2. The molecule has 5 heteroatoms. The molecule has 0 saturated heterocycles. The summed E-state index contributed by atoms with van der Waals surface area (Å²) < 4.78 is 2.92. The van der Waals surface area contributed by atoms with Crippen molar-refractivity contribution in [2.75, 3.05) is 0 Å². The summed E-state index contributed by atoms with van der Waals surface area (Å²) in [5.74, 6) is 0. The smallest absolute Gasteiger partial charge is 0.284 e. The number of benzene rings is 1. The molecule has 0 fully saturated rings. The molecule has 3 aromatic rings. The van der Waals surface area contributed by atoms with Crippen molar-refractivity contribution >= 4 is 21.6 Å². The summed E-state index contributed by atoms with van der Waals surface area (Å²) in [4.78, 5) is 26.5. The summed E-state index contributed by atoms with van der Waals surface area (Å²) in [6.07, 6.45) is 1.64. The van der Waals surface area contributed by atoms with Gasteiger partial charge in [0, 0.05) is 24.9 Å². The third kappa shape index (κ3) is 2.52. The second-order valence-electron chi connectivity index (χ2n) is 5.39. The lowest BCUT2D eigenvalue weighted by atomic mass is 10.1. The quantitative estimate of drug-likeness (QED) is 0.743. The molecule has 0 aliphatic carbocycles. The highest BCUT2D eigenvalue weighted by Gasteiger charge is 2.14. The molecule has 2 aromatic heterocycles. The molecule has 0 radical (unpaired) electrons. The molecule has 0 aliphatic rings. The Morgan fingerprint density at radius 3 is 2.55 bits per heavy atom. The number of hydrogen-bond acceptors (Lipinski definition) is 3. The van der Waals surface area contributed by atoms with Gasteiger partial charge in [0.1, 0.15) is 4.83 Å². The highest BCUT2D eigenvalue weighted by molar-refractivity contribution is 7.18. The van der Waals surface area contributed by atoms with Crippen molar-refractivity contribution in [3.05, 3.63) is 67.7 Å². The molecule has 0 amide bonds. The van der Waals surface area contributed by atoms with Crippen LogP contribution in [0.3, 0.4) is 0 Å². The van der Waals surface area contributed by atoms with E-state index in [0.717, 1.165) is 22.5 Å². The zero-order valence-electron chi connectivity index (χ0n) is 12.7. The van der Waals surface area contributed by atoms with Gasteiger partial charge in [-0.05, 0) is 18.1 Å². The summed E-state index contributed by atoms with van der Waals surface area (Å²) >= 11 is 1.55. The van der Waals surface area contributed by atoms with Crippen molar-refractivity contribution < 1.29 is 0 Å². The van der Waals surface area contributed by atoms with Crippen LogP contribution >= 0.6 is 11.3 Å². The van der Waals surface area contributed by atoms with Gasteiger partial charge in [0.2, 0.25) is 0 Å². The number of fused-ring (bicyclic) bond motifs is 1. The number of aryl methyl sites for hydroxylation is 1. The van der Waals surface area contributed by atoms with Gasteiger partial charge in [-0.1, -0.05) is 37.3 Å². The summed E-state index contributed by atoms with van der Waals surface area (Å²) in [6.45, 7) is 2.66. The lowest BCUT2D eigenvalue weighted by Crippen LogP contribution is -2.37. The van der Waals surface area contributed by atoms with Crippen molar-refractivity contribution in [2.45, 2.75) is 26.3 Å². The average Bonchev–Trinajstić information content (AvgIpc) is 2.94. The first kappa shape index (κ1) is 14.8. The fourth-order valence-electron chi connectivity index (χ4n) is 2.63. The topological polar surface area (TPSA) is 44.0 Å². The van der Waals surface area contributed by atoms with E-state index in [4.69, 9.17) is 0 Å². The van der Waals surface area contributed by atoms with E-state index in [0.29, 0.717) is 11.9 Å². The van der Waals surface area contributed by atoms with E-state index in [1.165, 1.54) is 10.1 Å². The Labute approximate surface area is 132 Å². The molecule has 1 aromatic carbocycles. The zero-order chi connectivity index (χ0) is 15.7. The predicted molar refractivity (Wildman–Crippen MR) is 90.9 cm³/mol. The molecule has 0 spiro atoms. The van der Waals surface area contributed by atoms with Gasteiger partial charge in [0.05, 0.1) is 5.39 Å².